The van der Waals surface area contributed by atoms with Gasteiger partial charge in [-0.05, 0) is 38.0 Å². The van der Waals surface area contributed by atoms with Gasteiger partial charge in [0.15, 0.2) is 0 Å². The highest BCUT2D eigenvalue weighted by molar-refractivity contribution is 7.86. The summed E-state index contributed by atoms with van der Waals surface area (Å²) in [6.45, 7) is 4.04. The second-order valence-corrected chi connectivity index (χ2v) is 7.94. The summed E-state index contributed by atoms with van der Waals surface area (Å²) in [5.74, 6) is 0.271. The lowest BCUT2D eigenvalue weighted by atomic mass is 10.00. The summed E-state index contributed by atoms with van der Waals surface area (Å²) < 4.78 is 29.1. The standard InChI is InChI=1S/C14H28N2O3S/c1-2-14-6-4-3-5-9-16(14)20(18,19)15-10-7-13(12-17)8-11-15/h13-14,17H,2-12H2,1H3. The third-order valence-corrected chi connectivity index (χ3v) is 6.84. The molecule has 0 bridgehead atoms. The predicted octanol–water partition coefficient (Wildman–Crippen LogP) is 1.59. The Bertz CT molecular complexity index is 391. The molecule has 2 heterocycles. The van der Waals surface area contributed by atoms with Crippen molar-refractivity contribution < 1.29 is 13.5 Å². The van der Waals surface area contributed by atoms with Crippen molar-refractivity contribution in [2.45, 2.75) is 57.9 Å². The SMILES string of the molecule is CCC1CCCCCN1S(=O)(=O)N1CCC(CO)CC1. The molecule has 2 aliphatic rings. The molecule has 0 aromatic heterocycles. The molecule has 118 valence electrons. The van der Waals surface area contributed by atoms with E-state index in [0.717, 1.165) is 44.9 Å². The Balaban J connectivity index is 2.08. The molecule has 20 heavy (non-hydrogen) atoms. The average Bonchev–Trinajstić information content (AvgIpc) is 2.73. The van der Waals surface area contributed by atoms with Gasteiger partial charge >= 0.3 is 0 Å². The third kappa shape index (κ3) is 3.53. The quantitative estimate of drug-likeness (QED) is 0.858. The highest BCUT2D eigenvalue weighted by Gasteiger charge is 2.36. The molecule has 6 heteroatoms. The predicted molar refractivity (Wildman–Crippen MR) is 79.6 cm³/mol. The average molecular weight is 304 g/mol. The lowest BCUT2D eigenvalue weighted by Crippen LogP contribution is -2.50. The maximum atomic E-state index is 12.8. The van der Waals surface area contributed by atoms with Crippen LogP contribution in [0.2, 0.25) is 0 Å². The van der Waals surface area contributed by atoms with Crippen LogP contribution in [-0.4, -0.2) is 54.4 Å². The summed E-state index contributed by atoms with van der Waals surface area (Å²) in [5.41, 5.74) is 0. The van der Waals surface area contributed by atoms with Crippen LogP contribution in [0, 0.1) is 5.92 Å². The Morgan fingerprint density at radius 2 is 1.75 bits per heavy atom. The van der Waals surface area contributed by atoms with Gasteiger partial charge in [-0.15, -0.1) is 0 Å². The molecule has 1 unspecified atom stereocenters. The summed E-state index contributed by atoms with van der Waals surface area (Å²) in [6, 6.07) is 0.165. The highest BCUT2D eigenvalue weighted by atomic mass is 32.2. The van der Waals surface area contributed by atoms with E-state index in [0.29, 0.717) is 19.6 Å². The van der Waals surface area contributed by atoms with Crippen LogP contribution in [0.5, 0.6) is 0 Å². The molecule has 5 nitrogen and oxygen atoms in total. The molecule has 2 rings (SSSR count). The number of nitrogens with zero attached hydrogens (tertiary/aromatic N) is 2. The van der Waals surface area contributed by atoms with Gasteiger partial charge in [-0.2, -0.15) is 17.0 Å². The first-order valence-corrected chi connectivity index (χ1v) is 9.37. The van der Waals surface area contributed by atoms with Crippen LogP contribution in [-0.2, 0) is 10.2 Å². The van der Waals surface area contributed by atoms with Crippen LogP contribution in [0.15, 0.2) is 0 Å². The molecule has 0 saturated carbocycles. The highest BCUT2D eigenvalue weighted by Crippen LogP contribution is 2.27. The van der Waals surface area contributed by atoms with Crippen LogP contribution in [0.4, 0.5) is 0 Å². The van der Waals surface area contributed by atoms with Gasteiger partial charge in [-0.1, -0.05) is 19.8 Å². The van der Waals surface area contributed by atoms with Gasteiger partial charge in [0.2, 0.25) is 0 Å². The number of rotatable bonds is 4. The van der Waals surface area contributed by atoms with Crippen molar-refractivity contribution in [2.24, 2.45) is 5.92 Å². The zero-order valence-electron chi connectivity index (χ0n) is 12.5. The van der Waals surface area contributed by atoms with Gasteiger partial charge < -0.3 is 5.11 Å². The van der Waals surface area contributed by atoms with Gasteiger partial charge in [-0.25, -0.2) is 0 Å². The van der Waals surface area contributed by atoms with E-state index < -0.39 is 10.2 Å². The summed E-state index contributed by atoms with van der Waals surface area (Å²) in [5, 5.41) is 9.17. The van der Waals surface area contributed by atoms with Crippen LogP contribution in [0.25, 0.3) is 0 Å². The Morgan fingerprint density at radius 3 is 2.35 bits per heavy atom. The number of aliphatic hydroxyl groups excluding tert-OH is 1. The lowest BCUT2D eigenvalue weighted by Gasteiger charge is -2.37. The van der Waals surface area contributed by atoms with E-state index in [2.05, 4.69) is 6.92 Å². The smallest absolute Gasteiger partial charge is 0.282 e. The first-order chi connectivity index (χ1) is 9.59. The van der Waals surface area contributed by atoms with Crippen molar-refractivity contribution >= 4 is 10.2 Å². The normalized spacial score (nSPS) is 28.4. The number of aliphatic hydroxyl groups is 1. The Hall–Kier alpha value is -0.170. The van der Waals surface area contributed by atoms with Crippen molar-refractivity contribution in [2.75, 3.05) is 26.2 Å². The second kappa shape index (κ2) is 7.20. The van der Waals surface area contributed by atoms with E-state index in [1.165, 1.54) is 0 Å². The van der Waals surface area contributed by atoms with E-state index in [1.807, 2.05) is 0 Å². The molecule has 2 fully saturated rings. The van der Waals surface area contributed by atoms with Crippen LogP contribution >= 0.6 is 0 Å². The minimum Gasteiger partial charge on any atom is -0.396 e. The zero-order chi connectivity index (χ0) is 14.6. The number of hydrogen-bond donors (Lipinski definition) is 1. The molecule has 0 amide bonds. The van der Waals surface area contributed by atoms with Crippen LogP contribution in [0.3, 0.4) is 0 Å². The van der Waals surface area contributed by atoms with Gasteiger partial charge in [0.05, 0.1) is 0 Å². The first kappa shape index (κ1) is 16.2. The Labute approximate surface area is 123 Å². The second-order valence-electron chi connectivity index (χ2n) is 6.05. The summed E-state index contributed by atoms with van der Waals surface area (Å²) in [6.07, 6.45) is 6.69. The van der Waals surface area contributed by atoms with Crippen LogP contribution < -0.4 is 0 Å². The largest absolute Gasteiger partial charge is 0.396 e. The summed E-state index contributed by atoms with van der Waals surface area (Å²) >= 11 is 0. The van der Waals surface area contributed by atoms with Gasteiger partial charge in [0, 0.05) is 32.3 Å². The molecule has 2 aliphatic heterocycles. The molecule has 1 N–H and O–H groups in total. The first-order valence-electron chi connectivity index (χ1n) is 7.97. The summed E-state index contributed by atoms with van der Waals surface area (Å²) in [7, 11) is -3.32. The van der Waals surface area contributed by atoms with Crippen LogP contribution in [0.1, 0.15) is 51.9 Å². The molecular weight excluding hydrogens is 276 g/mol. The maximum Gasteiger partial charge on any atom is 0.282 e. The van der Waals surface area contributed by atoms with Gasteiger partial charge in [0.1, 0.15) is 0 Å². The van der Waals surface area contributed by atoms with Crippen molar-refractivity contribution in [1.82, 2.24) is 8.61 Å². The van der Waals surface area contributed by atoms with Crippen molar-refractivity contribution in [1.29, 1.82) is 0 Å². The molecule has 0 aromatic carbocycles. The maximum absolute atomic E-state index is 12.8. The number of piperidine rings is 1. The van der Waals surface area contributed by atoms with E-state index in [-0.39, 0.29) is 18.6 Å². The van der Waals surface area contributed by atoms with Crippen molar-refractivity contribution in [3.63, 3.8) is 0 Å². The molecule has 0 aliphatic carbocycles. The minimum absolute atomic E-state index is 0.165. The van der Waals surface area contributed by atoms with Crippen molar-refractivity contribution in [3.05, 3.63) is 0 Å². The van der Waals surface area contributed by atoms with E-state index in [1.54, 1.807) is 8.61 Å². The van der Waals surface area contributed by atoms with E-state index in [4.69, 9.17) is 5.11 Å². The minimum atomic E-state index is -3.32. The fraction of sp³-hybridized carbons (Fsp3) is 1.00. The monoisotopic (exact) mass is 304 g/mol. The van der Waals surface area contributed by atoms with Gasteiger partial charge in [0.25, 0.3) is 10.2 Å². The Kier molecular flexibility index (Phi) is 5.84. The molecule has 0 radical (unpaired) electrons. The molecule has 1 atom stereocenters. The lowest BCUT2D eigenvalue weighted by molar-refractivity contribution is 0.163. The van der Waals surface area contributed by atoms with Gasteiger partial charge in [-0.3, -0.25) is 0 Å². The zero-order valence-corrected chi connectivity index (χ0v) is 13.3. The third-order valence-electron chi connectivity index (χ3n) is 4.75. The fourth-order valence-electron chi connectivity index (χ4n) is 3.33. The molecule has 0 spiro atoms. The molecule has 0 aromatic rings. The summed E-state index contributed by atoms with van der Waals surface area (Å²) in [4.78, 5) is 0. The number of hydrogen-bond acceptors (Lipinski definition) is 3. The van der Waals surface area contributed by atoms with E-state index in [9.17, 15) is 8.42 Å². The fourth-order valence-corrected chi connectivity index (χ4v) is 5.29. The topological polar surface area (TPSA) is 60.9 Å². The molecule has 2 saturated heterocycles. The van der Waals surface area contributed by atoms with E-state index >= 15 is 0 Å². The molecular formula is C14H28N2O3S. The Morgan fingerprint density at radius 1 is 1.05 bits per heavy atom. The van der Waals surface area contributed by atoms with Crippen molar-refractivity contribution in [3.8, 4) is 0 Å².